The fraction of sp³-hybridized carbons (Fsp3) is 0.909. The third kappa shape index (κ3) is 5.74. The normalized spacial score (nSPS) is 13.5. The summed E-state index contributed by atoms with van der Waals surface area (Å²) >= 11 is 0. The summed E-state index contributed by atoms with van der Waals surface area (Å²) in [6.45, 7) is 6.94. The van der Waals surface area contributed by atoms with E-state index in [1.165, 1.54) is 0 Å². The summed E-state index contributed by atoms with van der Waals surface area (Å²) in [6, 6.07) is -0.107. The molecule has 1 amide bonds. The molecule has 0 saturated heterocycles. The minimum atomic E-state index is -0.204. The monoisotopic (exact) mass is 215 g/mol. The van der Waals surface area contributed by atoms with Gasteiger partial charge in [0.1, 0.15) is 0 Å². The second-order valence-corrected chi connectivity index (χ2v) is 4.17. The van der Waals surface area contributed by atoms with Crippen LogP contribution in [0, 0.1) is 0 Å². The molecule has 15 heavy (non-hydrogen) atoms. The third-order valence-corrected chi connectivity index (χ3v) is 2.50. The van der Waals surface area contributed by atoms with Crippen LogP contribution in [0.25, 0.3) is 0 Å². The third-order valence-electron chi connectivity index (χ3n) is 2.50. The molecule has 0 heterocycles. The zero-order valence-electron chi connectivity index (χ0n) is 10.5. The molecular weight excluding hydrogens is 190 g/mol. The van der Waals surface area contributed by atoms with Crippen molar-refractivity contribution < 1.29 is 4.79 Å². The zero-order valence-corrected chi connectivity index (χ0v) is 10.5. The number of primary amides is 1. The van der Waals surface area contributed by atoms with E-state index >= 15 is 0 Å². The molecule has 2 N–H and O–H groups in total. The molecule has 0 fully saturated rings. The minimum Gasteiger partial charge on any atom is -0.368 e. The summed E-state index contributed by atoms with van der Waals surface area (Å²) in [4.78, 5) is 15.6. The van der Waals surface area contributed by atoms with Crippen LogP contribution in [-0.4, -0.2) is 55.5 Å². The highest BCUT2D eigenvalue weighted by Gasteiger charge is 2.20. The van der Waals surface area contributed by atoms with Gasteiger partial charge < -0.3 is 10.6 Å². The molecule has 0 aromatic rings. The Bertz CT molecular complexity index is 183. The van der Waals surface area contributed by atoms with Crippen molar-refractivity contribution >= 4 is 5.91 Å². The second-order valence-electron chi connectivity index (χ2n) is 4.17. The van der Waals surface area contributed by atoms with Crippen molar-refractivity contribution in [1.82, 2.24) is 9.80 Å². The molecule has 90 valence electrons. The zero-order chi connectivity index (χ0) is 11.8. The van der Waals surface area contributed by atoms with Crippen molar-refractivity contribution in [2.75, 3.05) is 33.7 Å². The molecule has 4 nitrogen and oxygen atoms in total. The smallest absolute Gasteiger partial charge is 0.234 e. The van der Waals surface area contributed by atoms with Crippen LogP contribution in [0.2, 0.25) is 0 Å². The van der Waals surface area contributed by atoms with Gasteiger partial charge in [0.15, 0.2) is 0 Å². The minimum absolute atomic E-state index is 0.107. The van der Waals surface area contributed by atoms with Gasteiger partial charge in [-0.25, -0.2) is 0 Å². The van der Waals surface area contributed by atoms with Crippen molar-refractivity contribution in [2.45, 2.75) is 32.7 Å². The second kappa shape index (κ2) is 7.65. The number of carbonyl (C=O) groups is 1. The van der Waals surface area contributed by atoms with Gasteiger partial charge in [0.25, 0.3) is 0 Å². The number of hydrogen-bond donors (Lipinski definition) is 1. The van der Waals surface area contributed by atoms with E-state index in [0.29, 0.717) is 0 Å². The van der Waals surface area contributed by atoms with Crippen LogP contribution in [0.1, 0.15) is 26.7 Å². The van der Waals surface area contributed by atoms with E-state index < -0.39 is 0 Å². The van der Waals surface area contributed by atoms with E-state index in [4.69, 9.17) is 5.73 Å². The van der Waals surface area contributed by atoms with Crippen LogP contribution < -0.4 is 5.73 Å². The van der Waals surface area contributed by atoms with Crippen LogP contribution in [0.4, 0.5) is 0 Å². The summed E-state index contributed by atoms with van der Waals surface area (Å²) in [5.74, 6) is -0.204. The molecule has 4 heteroatoms. The standard InChI is InChI=1S/C11H25N3O/c1-5-7-14(9-8-13(3)4)10(6-2)11(12)15/h10H,5-9H2,1-4H3,(H2,12,15). The summed E-state index contributed by atoms with van der Waals surface area (Å²) in [7, 11) is 4.07. The number of rotatable bonds is 8. The van der Waals surface area contributed by atoms with Crippen LogP contribution >= 0.6 is 0 Å². The number of carbonyl (C=O) groups excluding carboxylic acids is 1. The number of amides is 1. The van der Waals surface area contributed by atoms with Crippen molar-refractivity contribution in [3.63, 3.8) is 0 Å². The lowest BCUT2D eigenvalue weighted by Gasteiger charge is -2.29. The predicted molar refractivity (Wildman–Crippen MR) is 63.7 cm³/mol. The quantitative estimate of drug-likeness (QED) is 0.642. The molecule has 0 aliphatic carbocycles. The van der Waals surface area contributed by atoms with Gasteiger partial charge in [-0.2, -0.15) is 0 Å². The lowest BCUT2D eigenvalue weighted by molar-refractivity contribution is -0.123. The Morgan fingerprint density at radius 3 is 2.13 bits per heavy atom. The Morgan fingerprint density at radius 1 is 1.20 bits per heavy atom. The van der Waals surface area contributed by atoms with E-state index in [-0.39, 0.29) is 11.9 Å². The number of nitrogens with zero attached hydrogens (tertiary/aromatic N) is 2. The molecule has 0 rings (SSSR count). The Morgan fingerprint density at radius 2 is 1.80 bits per heavy atom. The predicted octanol–water partition coefficient (Wildman–Crippen LogP) is 0.524. The van der Waals surface area contributed by atoms with Gasteiger partial charge in [-0.3, -0.25) is 9.69 Å². The van der Waals surface area contributed by atoms with Crippen LogP contribution in [-0.2, 0) is 4.79 Å². The SMILES string of the molecule is CCCN(CCN(C)C)C(CC)C(N)=O. The average molecular weight is 215 g/mol. The van der Waals surface area contributed by atoms with Crippen molar-refractivity contribution in [1.29, 1.82) is 0 Å². The molecule has 0 aromatic heterocycles. The fourth-order valence-electron chi connectivity index (χ4n) is 1.68. The van der Waals surface area contributed by atoms with E-state index in [1.807, 2.05) is 21.0 Å². The Kier molecular flexibility index (Phi) is 7.34. The molecule has 0 aromatic carbocycles. The van der Waals surface area contributed by atoms with Gasteiger partial charge in [-0.1, -0.05) is 13.8 Å². The lowest BCUT2D eigenvalue weighted by atomic mass is 10.1. The topological polar surface area (TPSA) is 49.6 Å². The maximum atomic E-state index is 11.3. The molecule has 0 aliphatic rings. The Balaban J connectivity index is 4.27. The number of nitrogens with two attached hydrogens (primary N) is 1. The van der Waals surface area contributed by atoms with E-state index in [2.05, 4.69) is 16.7 Å². The molecule has 1 atom stereocenters. The van der Waals surface area contributed by atoms with Gasteiger partial charge in [-0.05, 0) is 33.5 Å². The average Bonchev–Trinajstić information content (AvgIpc) is 2.14. The summed E-state index contributed by atoms with van der Waals surface area (Å²) in [5.41, 5.74) is 5.39. The van der Waals surface area contributed by atoms with Crippen molar-refractivity contribution in [3.8, 4) is 0 Å². The number of likely N-dealkylation sites (N-methyl/N-ethyl adjacent to an activating group) is 1. The first kappa shape index (κ1) is 14.4. The lowest BCUT2D eigenvalue weighted by Crippen LogP contribution is -2.47. The largest absolute Gasteiger partial charge is 0.368 e. The van der Waals surface area contributed by atoms with E-state index in [1.54, 1.807) is 0 Å². The van der Waals surface area contributed by atoms with Crippen molar-refractivity contribution in [3.05, 3.63) is 0 Å². The molecular formula is C11H25N3O. The summed E-state index contributed by atoms with van der Waals surface area (Å²) in [5, 5.41) is 0. The van der Waals surface area contributed by atoms with Crippen LogP contribution in [0.3, 0.4) is 0 Å². The van der Waals surface area contributed by atoms with Gasteiger partial charge in [0.2, 0.25) is 5.91 Å². The highest BCUT2D eigenvalue weighted by molar-refractivity contribution is 5.79. The first-order valence-corrected chi connectivity index (χ1v) is 5.71. The van der Waals surface area contributed by atoms with Crippen LogP contribution in [0.15, 0.2) is 0 Å². The first-order chi connectivity index (χ1) is 7.02. The highest BCUT2D eigenvalue weighted by atomic mass is 16.1. The van der Waals surface area contributed by atoms with Crippen molar-refractivity contribution in [2.24, 2.45) is 5.73 Å². The van der Waals surface area contributed by atoms with Gasteiger partial charge in [-0.15, -0.1) is 0 Å². The maximum Gasteiger partial charge on any atom is 0.234 e. The summed E-state index contributed by atoms with van der Waals surface area (Å²) in [6.07, 6.45) is 1.85. The van der Waals surface area contributed by atoms with Gasteiger partial charge in [0, 0.05) is 13.1 Å². The van der Waals surface area contributed by atoms with Gasteiger partial charge >= 0.3 is 0 Å². The Hall–Kier alpha value is -0.610. The molecule has 1 unspecified atom stereocenters. The number of hydrogen-bond acceptors (Lipinski definition) is 3. The molecule has 0 bridgehead atoms. The fourth-order valence-corrected chi connectivity index (χ4v) is 1.68. The Labute approximate surface area is 93.4 Å². The van der Waals surface area contributed by atoms with Gasteiger partial charge in [0.05, 0.1) is 6.04 Å². The molecule has 0 aliphatic heterocycles. The molecule has 0 radical (unpaired) electrons. The first-order valence-electron chi connectivity index (χ1n) is 5.71. The van der Waals surface area contributed by atoms with E-state index in [0.717, 1.165) is 32.5 Å². The summed E-state index contributed by atoms with van der Waals surface area (Å²) < 4.78 is 0. The van der Waals surface area contributed by atoms with Crippen LogP contribution in [0.5, 0.6) is 0 Å². The maximum absolute atomic E-state index is 11.3. The molecule has 0 spiro atoms. The van der Waals surface area contributed by atoms with E-state index in [9.17, 15) is 4.79 Å². The highest BCUT2D eigenvalue weighted by Crippen LogP contribution is 2.04. The molecule has 0 saturated carbocycles.